The summed E-state index contributed by atoms with van der Waals surface area (Å²) in [5.41, 5.74) is -2.75. The van der Waals surface area contributed by atoms with Crippen LogP contribution in [0.1, 0.15) is 33.6 Å². The SMILES string of the molecule is CC12CCC(C(=O)O)(C(=O)C1=NO)C2(C)C. The molecule has 0 saturated heterocycles. The van der Waals surface area contributed by atoms with Crippen LogP contribution in [-0.4, -0.2) is 27.8 Å². The first-order chi connectivity index (χ1) is 7.25. The van der Waals surface area contributed by atoms with Gasteiger partial charge in [0.25, 0.3) is 0 Å². The van der Waals surface area contributed by atoms with E-state index in [4.69, 9.17) is 5.21 Å². The molecule has 88 valence electrons. The van der Waals surface area contributed by atoms with E-state index in [0.717, 1.165) is 0 Å². The van der Waals surface area contributed by atoms with Crippen molar-refractivity contribution >= 4 is 17.5 Å². The molecule has 0 amide bonds. The van der Waals surface area contributed by atoms with E-state index in [1.165, 1.54) is 0 Å². The van der Waals surface area contributed by atoms with Gasteiger partial charge in [-0.1, -0.05) is 25.9 Å². The Kier molecular flexibility index (Phi) is 1.84. The van der Waals surface area contributed by atoms with Gasteiger partial charge in [-0.05, 0) is 18.3 Å². The lowest BCUT2D eigenvalue weighted by molar-refractivity contribution is -0.158. The van der Waals surface area contributed by atoms with Crippen LogP contribution >= 0.6 is 0 Å². The molecule has 2 saturated carbocycles. The molecule has 0 spiro atoms. The first-order valence-corrected chi connectivity index (χ1v) is 5.26. The summed E-state index contributed by atoms with van der Waals surface area (Å²) in [6.45, 7) is 5.34. The van der Waals surface area contributed by atoms with Gasteiger partial charge < -0.3 is 10.3 Å². The number of fused-ring (bicyclic) bond motifs is 2. The third-order valence-corrected chi connectivity index (χ3v) is 5.04. The molecule has 5 heteroatoms. The van der Waals surface area contributed by atoms with E-state index in [2.05, 4.69) is 5.16 Å². The minimum Gasteiger partial charge on any atom is -0.480 e. The number of aliphatic carboxylic acids is 1. The van der Waals surface area contributed by atoms with Gasteiger partial charge in [0.2, 0.25) is 0 Å². The van der Waals surface area contributed by atoms with Crippen LogP contribution in [0, 0.1) is 16.2 Å². The van der Waals surface area contributed by atoms with E-state index in [9.17, 15) is 14.7 Å². The molecule has 0 aromatic heterocycles. The average Bonchev–Trinajstić information content (AvgIpc) is 2.44. The van der Waals surface area contributed by atoms with Gasteiger partial charge in [0.05, 0.1) is 0 Å². The van der Waals surface area contributed by atoms with Crippen LogP contribution in [0.4, 0.5) is 0 Å². The lowest BCUT2D eigenvalue weighted by Gasteiger charge is -2.35. The number of oxime groups is 1. The predicted octanol–water partition coefficient (Wildman–Crippen LogP) is 1.30. The van der Waals surface area contributed by atoms with Gasteiger partial charge in [0.15, 0.2) is 5.78 Å². The number of hydrogen-bond donors (Lipinski definition) is 2. The third kappa shape index (κ3) is 0.750. The molecule has 16 heavy (non-hydrogen) atoms. The van der Waals surface area contributed by atoms with Crippen LogP contribution in [0.2, 0.25) is 0 Å². The number of carboxylic acid groups (broad SMARTS) is 1. The summed E-state index contributed by atoms with van der Waals surface area (Å²) in [5, 5.41) is 21.3. The Labute approximate surface area is 93.1 Å². The zero-order chi connectivity index (χ0) is 12.4. The first kappa shape index (κ1) is 11.1. The lowest BCUT2D eigenvalue weighted by Crippen LogP contribution is -2.44. The predicted molar refractivity (Wildman–Crippen MR) is 55.4 cm³/mol. The number of carbonyl (C=O) groups excluding carboxylic acids is 1. The van der Waals surface area contributed by atoms with E-state index in [1.807, 2.05) is 0 Å². The fourth-order valence-electron chi connectivity index (χ4n) is 3.43. The van der Waals surface area contributed by atoms with Gasteiger partial charge in [0.1, 0.15) is 11.1 Å². The second-order valence-corrected chi connectivity index (χ2v) is 5.45. The second-order valence-electron chi connectivity index (χ2n) is 5.45. The Bertz CT molecular complexity index is 426. The summed E-state index contributed by atoms with van der Waals surface area (Å²) in [4.78, 5) is 23.6. The Morgan fingerprint density at radius 3 is 2.19 bits per heavy atom. The van der Waals surface area contributed by atoms with Crippen molar-refractivity contribution in [2.45, 2.75) is 33.6 Å². The van der Waals surface area contributed by atoms with Gasteiger partial charge in [0, 0.05) is 5.41 Å². The second kappa shape index (κ2) is 2.64. The fraction of sp³-hybridized carbons (Fsp3) is 0.727. The van der Waals surface area contributed by atoms with Crippen molar-refractivity contribution in [2.24, 2.45) is 21.4 Å². The van der Waals surface area contributed by atoms with E-state index in [1.54, 1.807) is 20.8 Å². The maximum Gasteiger partial charge on any atom is 0.318 e. The van der Waals surface area contributed by atoms with Crippen LogP contribution in [0.15, 0.2) is 5.16 Å². The summed E-state index contributed by atoms with van der Waals surface area (Å²) >= 11 is 0. The minimum absolute atomic E-state index is 0.0196. The summed E-state index contributed by atoms with van der Waals surface area (Å²) in [5.74, 6) is -1.63. The molecule has 2 fully saturated rings. The first-order valence-electron chi connectivity index (χ1n) is 5.26. The highest BCUT2D eigenvalue weighted by Gasteiger charge is 2.77. The molecule has 2 unspecified atom stereocenters. The summed E-state index contributed by atoms with van der Waals surface area (Å²) in [6.07, 6.45) is 0.890. The number of carboxylic acids is 1. The molecule has 5 nitrogen and oxygen atoms in total. The third-order valence-electron chi connectivity index (χ3n) is 5.04. The van der Waals surface area contributed by atoms with Crippen LogP contribution in [0.5, 0.6) is 0 Å². The molecule has 2 rings (SSSR count). The van der Waals surface area contributed by atoms with E-state index in [-0.39, 0.29) is 5.71 Å². The number of Topliss-reactive ketones (excluding diaryl/α,β-unsaturated/α-hetero) is 1. The van der Waals surface area contributed by atoms with Crippen molar-refractivity contribution < 1.29 is 19.9 Å². The normalized spacial score (nSPS) is 42.9. The van der Waals surface area contributed by atoms with Crippen LogP contribution in [0.25, 0.3) is 0 Å². The highest BCUT2D eigenvalue weighted by atomic mass is 16.4. The topological polar surface area (TPSA) is 87.0 Å². The monoisotopic (exact) mass is 225 g/mol. The van der Waals surface area contributed by atoms with Gasteiger partial charge in [-0.3, -0.25) is 9.59 Å². The van der Waals surface area contributed by atoms with Crippen molar-refractivity contribution in [1.29, 1.82) is 0 Å². The molecule has 0 heterocycles. The molecular formula is C11H15NO4. The summed E-state index contributed by atoms with van der Waals surface area (Å²) < 4.78 is 0. The Morgan fingerprint density at radius 2 is 1.88 bits per heavy atom. The van der Waals surface area contributed by atoms with Crippen molar-refractivity contribution in [3.8, 4) is 0 Å². The van der Waals surface area contributed by atoms with Gasteiger partial charge >= 0.3 is 5.97 Å². The van der Waals surface area contributed by atoms with Crippen molar-refractivity contribution in [1.82, 2.24) is 0 Å². The molecule has 0 radical (unpaired) electrons. The van der Waals surface area contributed by atoms with E-state index >= 15 is 0 Å². The molecule has 0 aromatic carbocycles. The van der Waals surface area contributed by atoms with Crippen molar-refractivity contribution in [3.05, 3.63) is 0 Å². The van der Waals surface area contributed by atoms with Gasteiger partial charge in [-0.15, -0.1) is 0 Å². The number of rotatable bonds is 1. The number of ketones is 1. The zero-order valence-corrected chi connectivity index (χ0v) is 9.57. The van der Waals surface area contributed by atoms with E-state index < -0.39 is 28.0 Å². The van der Waals surface area contributed by atoms with Crippen molar-refractivity contribution in [2.75, 3.05) is 0 Å². The summed E-state index contributed by atoms with van der Waals surface area (Å²) in [6, 6.07) is 0. The summed E-state index contributed by atoms with van der Waals surface area (Å²) in [7, 11) is 0. The largest absolute Gasteiger partial charge is 0.480 e. The Hall–Kier alpha value is -1.39. The molecule has 2 aliphatic rings. The van der Waals surface area contributed by atoms with Crippen molar-refractivity contribution in [3.63, 3.8) is 0 Å². The van der Waals surface area contributed by atoms with Crippen LogP contribution in [0.3, 0.4) is 0 Å². The smallest absolute Gasteiger partial charge is 0.318 e. The molecule has 0 aliphatic heterocycles. The van der Waals surface area contributed by atoms with E-state index in [0.29, 0.717) is 12.8 Å². The molecule has 2 bridgehead atoms. The minimum atomic E-state index is -1.41. The fourth-order valence-corrected chi connectivity index (χ4v) is 3.43. The maximum atomic E-state index is 12.1. The lowest BCUT2D eigenvalue weighted by atomic mass is 9.65. The molecule has 2 N–H and O–H groups in total. The number of hydrogen-bond acceptors (Lipinski definition) is 4. The van der Waals surface area contributed by atoms with Gasteiger partial charge in [-0.25, -0.2) is 0 Å². The molecular weight excluding hydrogens is 210 g/mol. The Morgan fingerprint density at radius 1 is 1.31 bits per heavy atom. The maximum absolute atomic E-state index is 12.1. The molecule has 2 atom stereocenters. The highest BCUT2D eigenvalue weighted by molar-refractivity contribution is 6.50. The van der Waals surface area contributed by atoms with Gasteiger partial charge in [-0.2, -0.15) is 0 Å². The number of carbonyl (C=O) groups is 2. The Balaban J connectivity index is 2.75. The zero-order valence-electron chi connectivity index (χ0n) is 9.57. The van der Waals surface area contributed by atoms with Crippen LogP contribution in [-0.2, 0) is 9.59 Å². The standard InChI is InChI=1S/C11H15NO4/c1-9(2)10(3)4-5-11(9,8(14)15)7(13)6(10)12-16/h16H,4-5H2,1-3H3,(H,14,15). The molecule has 2 aliphatic carbocycles. The molecule has 0 aromatic rings. The highest BCUT2D eigenvalue weighted by Crippen LogP contribution is 2.69. The van der Waals surface area contributed by atoms with Crippen LogP contribution < -0.4 is 0 Å². The quantitative estimate of drug-likeness (QED) is 0.400. The number of nitrogens with zero attached hydrogens (tertiary/aromatic N) is 1. The average molecular weight is 225 g/mol.